The monoisotopic (exact) mass is 222 g/mol. The highest BCUT2D eigenvalue weighted by atomic mass is 35.5. The second kappa shape index (κ2) is 4.63. The summed E-state index contributed by atoms with van der Waals surface area (Å²) >= 11 is 6.10. The molecule has 1 nitrogen and oxygen atoms in total. The molecule has 0 atom stereocenters. The van der Waals surface area contributed by atoms with E-state index in [1.165, 1.54) is 0 Å². The van der Waals surface area contributed by atoms with Crippen LogP contribution in [0.15, 0.2) is 30.3 Å². The Hall–Kier alpha value is -1.08. The van der Waals surface area contributed by atoms with Crippen molar-refractivity contribution in [3.8, 4) is 0 Å². The van der Waals surface area contributed by atoms with Crippen molar-refractivity contribution in [2.45, 2.75) is 20.8 Å². The highest BCUT2D eigenvalue weighted by molar-refractivity contribution is 6.32. The molecule has 0 spiro atoms. The molecule has 0 aromatic heterocycles. The number of allylic oxidation sites excluding steroid dienone is 2. The molecule has 1 rings (SSSR count). The molecular weight excluding hydrogens is 208 g/mol. The summed E-state index contributed by atoms with van der Waals surface area (Å²) in [6, 6.07) is 7.57. The molecule has 80 valence electrons. The Kier molecular flexibility index (Phi) is 3.70. The van der Waals surface area contributed by atoms with Crippen molar-refractivity contribution in [1.29, 1.82) is 0 Å². The van der Waals surface area contributed by atoms with Crippen LogP contribution in [0, 0.1) is 5.41 Å². The quantitative estimate of drug-likeness (QED) is 0.547. The maximum absolute atomic E-state index is 10.6. The van der Waals surface area contributed by atoms with Gasteiger partial charge in [0.15, 0.2) is 0 Å². The fourth-order valence-electron chi connectivity index (χ4n) is 1.49. The maximum Gasteiger partial charge on any atom is 0.143 e. The second-order valence-electron chi connectivity index (χ2n) is 4.45. The Morgan fingerprint density at radius 2 is 1.87 bits per heavy atom. The van der Waals surface area contributed by atoms with E-state index >= 15 is 0 Å². The number of carbonyl (C=O) groups excluding carboxylic acids is 1. The van der Waals surface area contributed by atoms with Crippen molar-refractivity contribution in [1.82, 2.24) is 0 Å². The van der Waals surface area contributed by atoms with E-state index in [2.05, 4.69) is 20.8 Å². The summed E-state index contributed by atoms with van der Waals surface area (Å²) in [5.74, 6) is 0. The Balaban J connectivity index is 3.29. The molecule has 0 radical (unpaired) electrons. The van der Waals surface area contributed by atoms with Crippen molar-refractivity contribution in [2.24, 2.45) is 5.41 Å². The fourth-order valence-corrected chi connectivity index (χ4v) is 1.73. The van der Waals surface area contributed by atoms with Crippen LogP contribution in [-0.2, 0) is 4.79 Å². The van der Waals surface area contributed by atoms with Gasteiger partial charge in [-0.2, -0.15) is 0 Å². The first-order valence-corrected chi connectivity index (χ1v) is 5.25. The first-order chi connectivity index (χ1) is 6.96. The highest BCUT2D eigenvalue weighted by Gasteiger charge is 2.20. The van der Waals surface area contributed by atoms with Gasteiger partial charge in [0.2, 0.25) is 0 Å². The molecule has 0 heterocycles. The van der Waals surface area contributed by atoms with Crippen LogP contribution in [0.4, 0.5) is 0 Å². The minimum Gasteiger partial charge on any atom is -0.299 e. The van der Waals surface area contributed by atoms with Gasteiger partial charge in [0.05, 0.1) is 0 Å². The summed E-state index contributed by atoms with van der Waals surface area (Å²) in [5, 5.41) is 0.681. The van der Waals surface area contributed by atoms with Crippen LogP contribution in [0.2, 0.25) is 5.02 Å². The van der Waals surface area contributed by atoms with Gasteiger partial charge in [-0.05, 0) is 28.7 Å². The third-order valence-corrected chi connectivity index (χ3v) is 2.54. The number of hydrogen-bond donors (Lipinski definition) is 0. The van der Waals surface area contributed by atoms with Gasteiger partial charge in [-0.25, -0.2) is 0 Å². The fraction of sp³-hybridized carbons (Fsp3) is 0.308. The zero-order valence-corrected chi connectivity index (χ0v) is 10.0. The Morgan fingerprint density at radius 3 is 2.33 bits per heavy atom. The lowest BCUT2D eigenvalue weighted by atomic mass is 9.82. The van der Waals surface area contributed by atoms with E-state index in [1.807, 2.05) is 24.3 Å². The van der Waals surface area contributed by atoms with E-state index in [1.54, 1.807) is 6.08 Å². The first-order valence-electron chi connectivity index (χ1n) is 4.87. The summed E-state index contributed by atoms with van der Waals surface area (Å²) in [6.07, 6.45) is 2.39. The van der Waals surface area contributed by atoms with E-state index in [0.29, 0.717) is 5.02 Å². The minimum absolute atomic E-state index is 0.0914. The van der Waals surface area contributed by atoms with Gasteiger partial charge >= 0.3 is 0 Å². The van der Waals surface area contributed by atoms with Gasteiger partial charge in [0.1, 0.15) is 6.29 Å². The van der Waals surface area contributed by atoms with Gasteiger partial charge in [0, 0.05) is 5.02 Å². The molecule has 0 N–H and O–H groups in total. The summed E-state index contributed by atoms with van der Waals surface area (Å²) < 4.78 is 0. The summed E-state index contributed by atoms with van der Waals surface area (Å²) in [5.41, 5.74) is 1.80. The smallest absolute Gasteiger partial charge is 0.143 e. The third kappa shape index (κ3) is 2.93. The molecule has 0 aliphatic heterocycles. The van der Waals surface area contributed by atoms with Gasteiger partial charge < -0.3 is 0 Å². The van der Waals surface area contributed by atoms with E-state index < -0.39 is 0 Å². The van der Waals surface area contributed by atoms with Crippen LogP contribution >= 0.6 is 11.6 Å². The molecule has 0 saturated heterocycles. The van der Waals surface area contributed by atoms with Gasteiger partial charge in [0.25, 0.3) is 0 Å². The first kappa shape index (κ1) is 12.0. The summed E-state index contributed by atoms with van der Waals surface area (Å²) in [4.78, 5) is 10.6. The molecule has 1 aromatic carbocycles. The predicted octanol–water partition coefficient (Wildman–Crippen LogP) is 3.97. The molecule has 2 heteroatoms. The number of halogens is 1. The lowest BCUT2D eigenvalue weighted by Gasteiger charge is -2.23. The van der Waals surface area contributed by atoms with E-state index in [9.17, 15) is 4.79 Å². The van der Waals surface area contributed by atoms with Crippen LogP contribution in [-0.4, -0.2) is 6.29 Å². The van der Waals surface area contributed by atoms with Crippen molar-refractivity contribution >= 4 is 23.5 Å². The molecule has 0 aliphatic carbocycles. The third-order valence-electron chi connectivity index (χ3n) is 2.21. The maximum atomic E-state index is 10.6. The second-order valence-corrected chi connectivity index (χ2v) is 4.85. The average molecular weight is 223 g/mol. The van der Waals surface area contributed by atoms with Crippen molar-refractivity contribution in [3.05, 3.63) is 40.9 Å². The molecular formula is C13H15ClO. The average Bonchev–Trinajstić information content (AvgIpc) is 2.14. The summed E-state index contributed by atoms with van der Waals surface area (Å²) in [7, 11) is 0. The molecule has 1 aromatic rings. The van der Waals surface area contributed by atoms with Gasteiger partial charge in [-0.3, -0.25) is 4.79 Å². The van der Waals surface area contributed by atoms with E-state index in [-0.39, 0.29) is 5.41 Å². The zero-order valence-electron chi connectivity index (χ0n) is 9.25. The van der Waals surface area contributed by atoms with E-state index in [4.69, 9.17) is 11.6 Å². The minimum atomic E-state index is -0.0914. The van der Waals surface area contributed by atoms with Crippen LogP contribution in [0.1, 0.15) is 26.3 Å². The highest BCUT2D eigenvalue weighted by Crippen LogP contribution is 2.36. The largest absolute Gasteiger partial charge is 0.299 e. The SMILES string of the molecule is CC(C)(C)/C(=C/C=O)c1ccccc1Cl. The molecule has 0 aliphatic rings. The Bertz CT molecular complexity index is 386. The van der Waals surface area contributed by atoms with Crippen molar-refractivity contribution in [2.75, 3.05) is 0 Å². The Morgan fingerprint density at radius 1 is 1.27 bits per heavy atom. The normalized spacial score (nSPS) is 12.7. The molecule has 0 fully saturated rings. The topological polar surface area (TPSA) is 17.1 Å². The van der Waals surface area contributed by atoms with Crippen LogP contribution < -0.4 is 0 Å². The van der Waals surface area contributed by atoms with Gasteiger partial charge in [-0.15, -0.1) is 0 Å². The number of hydrogen-bond acceptors (Lipinski definition) is 1. The zero-order chi connectivity index (χ0) is 11.5. The molecule has 0 amide bonds. The number of aldehydes is 1. The van der Waals surface area contributed by atoms with Crippen molar-refractivity contribution in [3.63, 3.8) is 0 Å². The molecule has 0 saturated carbocycles. The van der Waals surface area contributed by atoms with Crippen LogP contribution in [0.25, 0.3) is 5.57 Å². The Labute approximate surface area is 95.8 Å². The molecule has 0 unspecified atom stereocenters. The lowest BCUT2D eigenvalue weighted by Crippen LogP contribution is -2.09. The van der Waals surface area contributed by atoms with Crippen LogP contribution in [0.3, 0.4) is 0 Å². The predicted molar refractivity (Wildman–Crippen MR) is 64.9 cm³/mol. The van der Waals surface area contributed by atoms with Gasteiger partial charge in [-0.1, -0.05) is 50.6 Å². The van der Waals surface area contributed by atoms with E-state index in [0.717, 1.165) is 17.4 Å². The number of rotatable bonds is 2. The standard InChI is InChI=1S/C13H15ClO/c1-13(2,3)11(8-9-15)10-6-4-5-7-12(10)14/h4-9H,1-3H3/b11-8+. The summed E-state index contributed by atoms with van der Waals surface area (Å²) in [6.45, 7) is 6.18. The molecule has 0 bridgehead atoms. The van der Waals surface area contributed by atoms with Crippen molar-refractivity contribution < 1.29 is 4.79 Å². The van der Waals surface area contributed by atoms with Crippen LogP contribution in [0.5, 0.6) is 0 Å². The lowest BCUT2D eigenvalue weighted by molar-refractivity contribution is -0.104. The number of carbonyl (C=O) groups is 1. The molecule has 15 heavy (non-hydrogen) atoms. The number of benzene rings is 1.